The number of carbonyl (C=O) groups excluding carboxylic acids is 1. The van der Waals surface area contributed by atoms with Gasteiger partial charge in [0.15, 0.2) is 5.95 Å². The van der Waals surface area contributed by atoms with Crippen LogP contribution in [0.15, 0.2) is 41.6 Å². The number of nitrogens with two attached hydrogens (primary N) is 1. The molecule has 0 radical (unpaired) electrons. The average Bonchev–Trinajstić information content (AvgIpc) is 3.19. The van der Waals surface area contributed by atoms with Crippen molar-refractivity contribution in [1.82, 2.24) is 19.9 Å². The molecule has 2 aromatic heterocycles. The first-order valence-corrected chi connectivity index (χ1v) is 9.01. The molecule has 3 rings (SSSR count). The normalized spacial score (nSPS) is 10.9. The van der Waals surface area contributed by atoms with Gasteiger partial charge in [-0.3, -0.25) is 9.59 Å². The molecule has 0 aliphatic heterocycles. The number of H-pyrrole nitrogens is 1. The molecule has 0 unspecified atom stereocenters. The number of fused-ring (bicyclic) bond motifs is 1. The van der Waals surface area contributed by atoms with Crippen LogP contribution < -0.4 is 21.8 Å². The number of rotatable bonds is 8. The van der Waals surface area contributed by atoms with E-state index >= 15 is 0 Å². The van der Waals surface area contributed by atoms with E-state index < -0.39 is 0 Å². The lowest BCUT2D eigenvalue weighted by atomic mass is 10.1. The second-order valence-electron chi connectivity index (χ2n) is 6.21. The van der Waals surface area contributed by atoms with E-state index in [1.54, 1.807) is 24.7 Å². The Labute approximate surface area is 156 Å². The number of aryl methyl sites for hydroxylation is 1. The topological polar surface area (TPSA) is 118 Å². The first kappa shape index (κ1) is 18.7. The molecule has 0 aliphatic rings. The van der Waals surface area contributed by atoms with E-state index in [0.29, 0.717) is 37.5 Å². The number of anilines is 1. The third-order valence-corrected chi connectivity index (χ3v) is 4.29. The second-order valence-corrected chi connectivity index (χ2v) is 6.21. The van der Waals surface area contributed by atoms with Gasteiger partial charge >= 0.3 is 0 Å². The fraction of sp³-hybridized carbons (Fsp3) is 0.316. The molecule has 5 N–H and O–H groups in total. The van der Waals surface area contributed by atoms with Crippen LogP contribution in [0.4, 0.5) is 5.95 Å². The number of hydrogen-bond acceptors (Lipinski definition) is 5. The van der Waals surface area contributed by atoms with Gasteiger partial charge in [-0.2, -0.15) is 0 Å². The predicted molar refractivity (Wildman–Crippen MR) is 106 cm³/mol. The Morgan fingerprint density at radius 3 is 2.93 bits per heavy atom. The zero-order valence-corrected chi connectivity index (χ0v) is 15.3. The number of amides is 1. The van der Waals surface area contributed by atoms with Gasteiger partial charge in [0.1, 0.15) is 5.56 Å². The fourth-order valence-electron chi connectivity index (χ4n) is 2.96. The number of hydrogen-bond donors (Lipinski definition) is 4. The van der Waals surface area contributed by atoms with Crippen molar-refractivity contribution in [3.63, 3.8) is 0 Å². The number of nitrogens with zero attached hydrogens (tertiary/aromatic N) is 2. The van der Waals surface area contributed by atoms with Crippen molar-refractivity contribution in [2.24, 2.45) is 5.73 Å². The average molecular weight is 368 g/mol. The van der Waals surface area contributed by atoms with E-state index in [1.165, 1.54) is 0 Å². The van der Waals surface area contributed by atoms with Gasteiger partial charge in [0.25, 0.3) is 5.91 Å². The van der Waals surface area contributed by atoms with Gasteiger partial charge in [0.2, 0.25) is 5.43 Å². The molecule has 0 bridgehead atoms. The van der Waals surface area contributed by atoms with Gasteiger partial charge in [-0.1, -0.05) is 6.07 Å². The third kappa shape index (κ3) is 4.17. The van der Waals surface area contributed by atoms with E-state index in [1.807, 2.05) is 23.6 Å². The molecule has 0 spiro atoms. The van der Waals surface area contributed by atoms with Gasteiger partial charge in [0, 0.05) is 43.6 Å². The quantitative estimate of drug-likeness (QED) is 0.480. The molecular formula is C19H24N6O2. The minimum atomic E-state index is -0.352. The predicted octanol–water partition coefficient (Wildman–Crippen LogP) is 1.44. The van der Waals surface area contributed by atoms with Gasteiger partial charge in [-0.15, -0.1) is 0 Å². The Hall–Kier alpha value is -3.13. The lowest BCUT2D eigenvalue weighted by Crippen LogP contribution is -2.29. The third-order valence-electron chi connectivity index (χ3n) is 4.29. The molecule has 27 heavy (non-hydrogen) atoms. The van der Waals surface area contributed by atoms with Crippen molar-refractivity contribution in [3.8, 4) is 0 Å². The maximum atomic E-state index is 12.8. The Kier molecular flexibility index (Phi) is 5.87. The Morgan fingerprint density at radius 2 is 2.22 bits per heavy atom. The van der Waals surface area contributed by atoms with Crippen LogP contribution in [0.25, 0.3) is 10.9 Å². The molecule has 3 aromatic rings. The summed E-state index contributed by atoms with van der Waals surface area (Å²) in [7, 11) is 0. The summed E-state index contributed by atoms with van der Waals surface area (Å²) >= 11 is 0. The monoisotopic (exact) mass is 368 g/mol. The summed E-state index contributed by atoms with van der Waals surface area (Å²) in [6, 6.07) is 5.62. The maximum Gasteiger partial charge on any atom is 0.256 e. The number of nitrogens with one attached hydrogen (secondary N) is 3. The van der Waals surface area contributed by atoms with Crippen molar-refractivity contribution in [2.45, 2.75) is 26.4 Å². The number of benzene rings is 1. The molecule has 8 heteroatoms. The summed E-state index contributed by atoms with van der Waals surface area (Å²) in [5, 5.41) is 6.42. The molecule has 1 aromatic carbocycles. The molecule has 0 fully saturated rings. The zero-order valence-electron chi connectivity index (χ0n) is 15.3. The number of aromatic nitrogens is 3. The Morgan fingerprint density at radius 1 is 1.37 bits per heavy atom. The van der Waals surface area contributed by atoms with Crippen LogP contribution in [0.2, 0.25) is 0 Å². The molecule has 8 nitrogen and oxygen atoms in total. The summed E-state index contributed by atoms with van der Waals surface area (Å²) < 4.78 is 1.94. The highest BCUT2D eigenvalue weighted by Crippen LogP contribution is 2.16. The van der Waals surface area contributed by atoms with Crippen LogP contribution in [0.3, 0.4) is 0 Å². The van der Waals surface area contributed by atoms with Crippen LogP contribution >= 0.6 is 0 Å². The summed E-state index contributed by atoms with van der Waals surface area (Å²) in [6.07, 6.45) is 5.81. The molecule has 0 saturated carbocycles. The first-order chi connectivity index (χ1) is 13.1. The molecule has 0 atom stereocenters. The number of pyridine rings is 1. The van der Waals surface area contributed by atoms with Crippen LogP contribution in [0, 0.1) is 0 Å². The summed E-state index contributed by atoms with van der Waals surface area (Å²) in [4.78, 5) is 32.2. The second kappa shape index (κ2) is 8.50. The molecule has 0 saturated heterocycles. The highest BCUT2D eigenvalue weighted by atomic mass is 16.2. The van der Waals surface area contributed by atoms with Crippen LogP contribution in [0.1, 0.15) is 29.3 Å². The lowest BCUT2D eigenvalue weighted by molar-refractivity contribution is 0.0954. The molecule has 142 valence electrons. The molecular weight excluding hydrogens is 344 g/mol. The SMILES string of the molecule is CCNC(=O)c1cn(CCCN)c2cc(CNc3ncc[nH]3)ccc2c1=O. The number of aromatic amines is 1. The van der Waals surface area contributed by atoms with Crippen molar-refractivity contribution < 1.29 is 4.79 Å². The van der Waals surface area contributed by atoms with Crippen LogP contribution in [0.5, 0.6) is 0 Å². The molecule has 2 heterocycles. The van der Waals surface area contributed by atoms with Gasteiger partial charge in [-0.25, -0.2) is 4.98 Å². The summed E-state index contributed by atoms with van der Waals surface area (Å²) in [6.45, 7) is 4.02. The maximum absolute atomic E-state index is 12.8. The van der Waals surface area contributed by atoms with Crippen molar-refractivity contribution in [3.05, 3.63) is 58.1 Å². The Bertz CT molecular complexity index is 978. The van der Waals surface area contributed by atoms with Crippen LogP contribution in [-0.2, 0) is 13.1 Å². The van der Waals surface area contributed by atoms with E-state index in [4.69, 9.17) is 5.73 Å². The standard InChI is InChI=1S/C19H24N6O2/c1-2-21-18(27)15-12-25(9-3-6-20)16-10-13(4-5-14(16)17(15)26)11-24-19-22-7-8-23-19/h4-5,7-8,10,12H,2-3,6,9,11,20H2,1H3,(H,21,27)(H2,22,23,24). The largest absolute Gasteiger partial charge is 0.352 e. The number of carbonyl (C=O) groups is 1. The lowest BCUT2D eigenvalue weighted by Gasteiger charge is -2.14. The minimum absolute atomic E-state index is 0.155. The highest BCUT2D eigenvalue weighted by molar-refractivity contribution is 5.97. The van der Waals surface area contributed by atoms with E-state index in [0.717, 1.165) is 17.5 Å². The fourth-order valence-corrected chi connectivity index (χ4v) is 2.96. The molecule has 0 aliphatic carbocycles. The van der Waals surface area contributed by atoms with Crippen LogP contribution in [-0.4, -0.2) is 33.5 Å². The van der Waals surface area contributed by atoms with Crippen molar-refractivity contribution in [1.29, 1.82) is 0 Å². The van der Waals surface area contributed by atoms with E-state index in [9.17, 15) is 9.59 Å². The van der Waals surface area contributed by atoms with Gasteiger partial charge in [0.05, 0.1) is 5.52 Å². The Balaban J connectivity index is 2.01. The summed E-state index contributed by atoms with van der Waals surface area (Å²) in [5.74, 6) is 0.330. The minimum Gasteiger partial charge on any atom is -0.352 e. The summed E-state index contributed by atoms with van der Waals surface area (Å²) in [5.41, 5.74) is 7.35. The van der Waals surface area contributed by atoms with E-state index in [-0.39, 0.29) is 16.9 Å². The number of imidazole rings is 1. The first-order valence-electron chi connectivity index (χ1n) is 9.01. The van der Waals surface area contributed by atoms with Gasteiger partial charge in [-0.05, 0) is 37.6 Å². The highest BCUT2D eigenvalue weighted by Gasteiger charge is 2.15. The van der Waals surface area contributed by atoms with Crippen molar-refractivity contribution >= 4 is 22.8 Å². The van der Waals surface area contributed by atoms with Crippen molar-refractivity contribution in [2.75, 3.05) is 18.4 Å². The smallest absolute Gasteiger partial charge is 0.256 e. The molecule has 1 amide bonds. The zero-order chi connectivity index (χ0) is 19.2. The van der Waals surface area contributed by atoms with Gasteiger partial charge < -0.3 is 25.9 Å². The van der Waals surface area contributed by atoms with E-state index in [2.05, 4.69) is 20.6 Å².